The highest BCUT2D eigenvalue weighted by molar-refractivity contribution is 14.0. The minimum Gasteiger partial charge on any atom is -0.357 e. The molecule has 0 unspecified atom stereocenters. The fourth-order valence-corrected chi connectivity index (χ4v) is 3.03. The second-order valence-electron chi connectivity index (χ2n) is 6.81. The molecular weight excluding hydrogens is 467 g/mol. The number of piperazine rings is 1. The summed E-state index contributed by atoms with van der Waals surface area (Å²) in [6.07, 6.45) is 3.69. The van der Waals surface area contributed by atoms with Crippen LogP contribution in [0.15, 0.2) is 35.6 Å². The predicted molar refractivity (Wildman–Crippen MR) is 124 cm³/mol. The number of pyridine rings is 1. The van der Waals surface area contributed by atoms with E-state index in [1.54, 1.807) is 6.20 Å². The molecule has 1 saturated heterocycles. The third kappa shape index (κ3) is 6.33. The van der Waals surface area contributed by atoms with Crippen molar-refractivity contribution in [1.82, 2.24) is 30.3 Å². The van der Waals surface area contributed by atoms with Crippen LogP contribution in [0.5, 0.6) is 0 Å². The second-order valence-corrected chi connectivity index (χ2v) is 6.81. The maximum Gasteiger partial charge on any atom is 0.191 e. The molecule has 0 bridgehead atoms. The molecule has 154 valence electrons. The molecule has 0 aliphatic carbocycles. The van der Waals surface area contributed by atoms with E-state index in [0.29, 0.717) is 13.1 Å². The molecule has 0 aromatic carbocycles. The molecule has 1 fully saturated rings. The maximum atomic E-state index is 4.72. The highest BCUT2D eigenvalue weighted by atomic mass is 127. The molecule has 0 amide bonds. The van der Waals surface area contributed by atoms with Gasteiger partial charge in [-0.05, 0) is 37.7 Å². The van der Waals surface area contributed by atoms with Crippen LogP contribution in [-0.2, 0) is 20.1 Å². The molecule has 2 N–H and O–H groups in total. The lowest BCUT2D eigenvalue weighted by atomic mass is 10.2. The molecule has 0 atom stereocenters. The van der Waals surface area contributed by atoms with Crippen molar-refractivity contribution >= 4 is 35.8 Å². The number of halogens is 1. The Hall–Kier alpha value is -1.88. The molecule has 0 spiro atoms. The molecule has 3 heterocycles. The third-order valence-electron chi connectivity index (χ3n) is 4.76. The largest absolute Gasteiger partial charge is 0.357 e. The van der Waals surface area contributed by atoms with Crippen molar-refractivity contribution in [3.63, 3.8) is 0 Å². The molecule has 1 aliphatic rings. The molecule has 9 heteroatoms. The van der Waals surface area contributed by atoms with Gasteiger partial charge in [0.2, 0.25) is 0 Å². The summed E-state index contributed by atoms with van der Waals surface area (Å²) in [5.74, 6) is 1.85. The Morgan fingerprint density at radius 3 is 2.57 bits per heavy atom. The van der Waals surface area contributed by atoms with Crippen molar-refractivity contribution in [2.45, 2.75) is 20.0 Å². The molecule has 0 saturated carbocycles. The Bertz CT molecular complexity index is 752. The van der Waals surface area contributed by atoms with Gasteiger partial charge in [-0.1, -0.05) is 0 Å². The zero-order valence-electron chi connectivity index (χ0n) is 16.9. The van der Waals surface area contributed by atoms with Crippen LogP contribution in [0, 0.1) is 0 Å². The van der Waals surface area contributed by atoms with Gasteiger partial charge in [-0.15, -0.1) is 24.0 Å². The zero-order valence-corrected chi connectivity index (χ0v) is 19.3. The van der Waals surface area contributed by atoms with Crippen LogP contribution in [0.4, 0.5) is 5.82 Å². The number of nitrogens with zero attached hydrogens (tertiary/aromatic N) is 6. The average Bonchev–Trinajstić information content (AvgIpc) is 3.10. The van der Waals surface area contributed by atoms with Gasteiger partial charge in [-0.25, -0.2) is 9.98 Å². The van der Waals surface area contributed by atoms with Gasteiger partial charge in [0.05, 0.1) is 18.8 Å². The Labute approximate surface area is 184 Å². The minimum atomic E-state index is 0. The van der Waals surface area contributed by atoms with Crippen LogP contribution >= 0.6 is 24.0 Å². The van der Waals surface area contributed by atoms with E-state index in [0.717, 1.165) is 55.8 Å². The van der Waals surface area contributed by atoms with E-state index in [9.17, 15) is 0 Å². The number of aryl methyl sites for hydroxylation is 1. The summed E-state index contributed by atoms with van der Waals surface area (Å²) < 4.78 is 1.86. The summed E-state index contributed by atoms with van der Waals surface area (Å²) >= 11 is 0. The van der Waals surface area contributed by atoms with Crippen molar-refractivity contribution in [2.75, 3.05) is 44.7 Å². The Balaban J connectivity index is 0.00000280. The summed E-state index contributed by atoms with van der Waals surface area (Å²) in [5, 5.41) is 10.9. The summed E-state index contributed by atoms with van der Waals surface area (Å²) in [6.45, 7) is 8.38. The fraction of sp³-hybridized carbons (Fsp3) is 0.526. The van der Waals surface area contributed by atoms with Crippen molar-refractivity contribution in [3.8, 4) is 0 Å². The molecular formula is C19H31IN8. The van der Waals surface area contributed by atoms with Crippen LogP contribution in [0.25, 0.3) is 0 Å². The van der Waals surface area contributed by atoms with E-state index < -0.39 is 0 Å². The second kappa shape index (κ2) is 11.2. The third-order valence-corrected chi connectivity index (χ3v) is 4.76. The number of likely N-dealkylation sites (N-methyl/N-ethyl adjacent to an activating group) is 1. The standard InChI is InChI=1S/C19H30N8.HI/c1-4-20-19(23-15-17-6-8-24-26(17)3)22-14-16-5-7-21-18(13-16)27-11-9-25(2)10-12-27;/h5-8,13H,4,9-12,14-15H2,1-3H3,(H2,20,22,23);1H. The SMILES string of the molecule is CCNC(=NCc1ccnc(N2CCN(C)CC2)c1)NCc1ccnn1C.I. The highest BCUT2D eigenvalue weighted by Crippen LogP contribution is 2.15. The summed E-state index contributed by atoms with van der Waals surface area (Å²) in [6, 6.07) is 6.19. The highest BCUT2D eigenvalue weighted by Gasteiger charge is 2.15. The lowest BCUT2D eigenvalue weighted by molar-refractivity contribution is 0.312. The maximum absolute atomic E-state index is 4.72. The van der Waals surface area contributed by atoms with E-state index in [1.165, 1.54) is 0 Å². The van der Waals surface area contributed by atoms with Crippen molar-refractivity contribution in [1.29, 1.82) is 0 Å². The number of nitrogens with one attached hydrogen (secondary N) is 2. The van der Waals surface area contributed by atoms with Gasteiger partial charge in [-0.2, -0.15) is 5.10 Å². The average molecular weight is 498 g/mol. The monoisotopic (exact) mass is 498 g/mol. The molecule has 1 aliphatic heterocycles. The summed E-state index contributed by atoms with van der Waals surface area (Å²) in [4.78, 5) is 14.0. The van der Waals surface area contributed by atoms with Gasteiger partial charge in [-0.3, -0.25) is 4.68 Å². The van der Waals surface area contributed by atoms with Crippen LogP contribution in [0.1, 0.15) is 18.2 Å². The quantitative estimate of drug-likeness (QED) is 0.357. The number of rotatable bonds is 6. The summed E-state index contributed by atoms with van der Waals surface area (Å²) in [5.41, 5.74) is 2.28. The predicted octanol–water partition coefficient (Wildman–Crippen LogP) is 1.44. The lowest BCUT2D eigenvalue weighted by Crippen LogP contribution is -2.44. The van der Waals surface area contributed by atoms with Gasteiger partial charge in [0.1, 0.15) is 5.82 Å². The topological polar surface area (TPSA) is 73.6 Å². The van der Waals surface area contributed by atoms with Crippen LogP contribution in [0.3, 0.4) is 0 Å². The molecule has 28 heavy (non-hydrogen) atoms. The Morgan fingerprint density at radius 2 is 1.89 bits per heavy atom. The van der Waals surface area contributed by atoms with Crippen LogP contribution in [0.2, 0.25) is 0 Å². The van der Waals surface area contributed by atoms with Gasteiger partial charge in [0.25, 0.3) is 0 Å². The van der Waals surface area contributed by atoms with Crippen LogP contribution in [-0.4, -0.2) is 65.4 Å². The Kier molecular flexibility index (Phi) is 8.97. The van der Waals surface area contributed by atoms with Gasteiger partial charge >= 0.3 is 0 Å². The van der Waals surface area contributed by atoms with Crippen molar-refractivity contribution in [3.05, 3.63) is 41.9 Å². The van der Waals surface area contributed by atoms with Crippen molar-refractivity contribution in [2.24, 2.45) is 12.0 Å². The molecule has 2 aromatic heterocycles. The van der Waals surface area contributed by atoms with E-state index in [-0.39, 0.29) is 24.0 Å². The fourth-order valence-electron chi connectivity index (χ4n) is 3.03. The van der Waals surface area contributed by atoms with Gasteiger partial charge in [0, 0.05) is 52.2 Å². The first-order chi connectivity index (χ1) is 13.2. The van der Waals surface area contributed by atoms with E-state index in [1.807, 2.05) is 30.1 Å². The number of hydrogen-bond acceptors (Lipinski definition) is 5. The normalized spacial score (nSPS) is 15.2. The number of guanidine groups is 1. The first-order valence-electron chi connectivity index (χ1n) is 9.53. The molecule has 8 nitrogen and oxygen atoms in total. The first kappa shape index (κ1) is 22.4. The van der Waals surface area contributed by atoms with E-state index in [4.69, 9.17) is 4.99 Å². The number of aromatic nitrogens is 3. The number of aliphatic imine (C=N–C) groups is 1. The zero-order chi connectivity index (χ0) is 19.1. The van der Waals surface area contributed by atoms with Crippen LogP contribution < -0.4 is 15.5 Å². The minimum absolute atomic E-state index is 0. The molecule has 3 rings (SSSR count). The van der Waals surface area contributed by atoms with Crippen molar-refractivity contribution < 1.29 is 0 Å². The first-order valence-corrected chi connectivity index (χ1v) is 9.53. The molecule has 0 radical (unpaired) electrons. The lowest BCUT2D eigenvalue weighted by Gasteiger charge is -2.33. The summed E-state index contributed by atoms with van der Waals surface area (Å²) in [7, 11) is 4.11. The Morgan fingerprint density at radius 1 is 1.11 bits per heavy atom. The van der Waals surface area contributed by atoms with E-state index in [2.05, 4.69) is 50.6 Å². The smallest absolute Gasteiger partial charge is 0.191 e. The molecule has 2 aromatic rings. The van der Waals surface area contributed by atoms with Gasteiger partial charge < -0.3 is 20.4 Å². The number of hydrogen-bond donors (Lipinski definition) is 2. The van der Waals surface area contributed by atoms with Gasteiger partial charge in [0.15, 0.2) is 5.96 Å². The van der Waals surface area contributed by atoms with E-state index >= 15 is 0 Å². The number of anilines is 1.